The molecule has 0 unspecified atom stereocenters. The Hall–Kier alpha value is -1.89. The molecule has 0 bridgehead atoms. The van der Waals surface area contributed by atoms with Crippen molar-refractivity contribution in [2.45, 2.75) is 64.8 Å². The van der Waals surface area contributed by atoms with Crippen LogP contribution >= 0.6 is 23.5 Å². The van der Waals surface area contributed by atoms with Gasteiger partial charge in [-0.15, -0.1) is 23.5 Å². The van der Waals surface area contributed by atoms with Crippen LogP contribution in [0.4, 0.5) is 14.0 Å². The smallest absolute Gasteiger partial charge is 0.411 e. The number of carboxylic acids is 1. The Morgan fingerprint density at radius 2 is 1.27 bits per heavy atom. The average Bonchev–Trinajstić information content (AvgIpc) is 3.35. The number of hydrogen-bond donors (Lipinski definition) is 1. The van der Waals surface area contributed by atoms with Gasteiger partial charge in [0.1, 0.15) is 23.3 Å². The second-order valence-electron chi connectivity index (χ2n) is 8.79. The molecule has 2 atom stereocenters. The Balaban J connectivity index is 0.000000575. The maximum absolute atomic E-state index is 11.8. The molecule has 2 rings (SSSR count). The summed E-state index contributed by atoms with van der Waals surface area (Å²) in [6.45, 7) is 10.6. The lowest BCUT2D eigenvalue weighted by atomic mass is 10.2. The van der Waals surface area contributed by atoms with Crippen LogP contribution in [-0.2, 0) is 23.8 Å². The lowest BCUT2D eigenvalue weighted by molar-refractivity contribution is -0.145. The van der Waals surface area contributed by atoms with Crippen LogP contribution in [0.15, 0.2) is 0 Å². The molecule has 0 aromatic carbocycles. The molecule has 0 aromatic rings. The quantitative estimate of drug-likeness (QED) is 0.432. The molecule has 192 valence electrons. The van der Waals surface area contributed by atoms with Gasteiger partial charge < -0.3 is 19.3 Å². The van der Waals surface area contributed by atoms with Crippen molar-refractivity contribution in [2.75, 3.05) is 37.5 Å². The van der Waals surface area contributed by atoms with Crippen molar-refractivity contribution in [3.63, 3.8) is 0 Å². The summed E-state index contributed by atoms with van der Waals surface area (Å²) in [7, 11) is 0.318. The Labute approximate surface area is 204 Å². The zero-order valence-corrected chi connectivity index (χ0v) is 21.7. The van der Waals surface area contributed by atoms with Gasteiger partial charge in [-0.2, -0.15) is 0 Å². The number of halogens is 1. The zero-order valence-electron chi connectivity index (χ0n) is 21.1. The first-order chi connectivity index (χ1) is 15.6. The first kappa shape index (κ1) is 29.1. The Morgan fingerprint density at radius 3 is 1.61 bits per heavy atom. The number of rotatable bonds is 2. The molecule has 0 radical (unpaired) electrons. The number of aliphatic carboxylic acids is 1. The van der Waals surface area contributed by atoms with E-state index in [0.29, 0.717) is 23.3 Å². The van der Waals surface area contributed by atoms with Crippen molar-refractivity contribution >= 4 is 47.6 Å². The van der Waals surface area contributed by atoms with Gasteiger partial charge in [-0.3, -0.25) is 14.2 Å². The van der Waals surface area contributed by atoms with Crippen LogP contribution in [0.2, 0.25) is 0 Å². The maximum atomic E-state index is 11.8. The molecule has 0 saturated carbocycles. The number of esters is 1. The SMILES string of the molecule is CC(C)(C)OC(=O)N1CSC[C@@H]1C(=O)O.COC(=O)[C@H]1CSCN1C(=O)OC(C)(C)C.[2H]CF. The number of carbonyl (C=O) groups is 4. The predicted octanol–water partition coefficient (Wildman–Crippen LogP) is 3.44. The van der Waals surface area contributed by atoms with Crippen LogP contribution in [0, 0.1) is 0 Å². The van der Waals surface area contributed by atoms with E-state index in [4.69, 9.17) is 16.0 Å². The predicted molar refractivity (Wildman–Crippen MR) is 125 cm³/mol. The fourth-order valence-corrected chi connectivity index (χ4v) is 4.68. The highest BCUT2D eigenvalue weighted by Crippen LogP contribution is 2.25. The third kappa shape index (κ3) is 11.2. The van der Waals surface area contributed by atoms with Crippen LogP contribution in [0.1, 0.15) is 42.9 Å². The largest absolute Gasteiger partial charge is 0.480 e. The number of alkyl halides is 1. The molecule has 1 N–H and O–H groups in total. The lowest BCUT2D eigenvalue weighted by Crippen LogP contribution is -2.44. The second kappa shape index (κ2) is 13.7. The highest BCUT2D eigenvalue weighted by atomic mass is 32.2. The van der Waals surface area contributed by atoms with Crippen LogP contribution in [0.3, 0.4) is 0 Å². The van der Waals surface area contributed by atoms with Crippen molar-refractivity contribution in [1.82, 2.24) is 9.80 Å². The number of thioether (sulfide) groups is 2. The Bertz CT molecular complexity index is 703. The Morgan fingerprint density at radius 1 is 0.909 bits per heavy atom. The molecule has 2 heterocycles. The second-order valence-corrected chi connectivity index (χ2v) is 10.8. The number of hydrogen-bond acceptors (Lipinski definition) is 9. The number of methoxy groups -OCH3 is 1. The van der Waals surface area contributed by atoms with Crippen molar-refractivity contribution < 1.29 is 44.3 Å². The summed E-state index contributed by atoms with van der Waals surface area (Å²) in [5.74, 6) is 0.461. The summed E-state index contributed by atoms with van der Waals surface area (Å²) in [6.07, 6.45) is -1.02. The molecule has 0 spiro atoms. The van der Waals surface area contributed by atoms with E-state index in [1.165, 1.54) is 40.4 Å². The standard InChI is InChI=1S/C10H17NO4S.C9H15NO4S.CH3F/c1-10(2,3)15-9(13)11-6-16-5-7(11)8(12)14-4;1-9(2,3)14-8(13)10-5-15-4-6(10)7(11)12;1-2/h7H,5-6H2,1-4H3;6H,4-5H2,1-3H3,(H,11,12);1H3/t7-;6-;/m11./s1/i;;1D. The number of nitrogens with zero attached hydrogens (tertiary/aromatic N) is 2. The summed E-state index contributed by atoms with van der Waals surface area (Å²) in [6, 6.07) is -1.28. The molecular weight excluding hydrogens is 479 g/mol. The first-order valence-corrected chi connectivity index (χ1v) is 12.2. The molecule has 0 aliphatic carbocycles. The van der Waals surface area contributed by atoms with E-state index in [0.717, 1.165) is 0 Å². The first-order valence-electron chi connectivity index (χ1n) is 10.6. The number of amides is 2. The van der Waals surface area contributed by atoms with E-state index in [1.807, 2.05) is 0 Å². The minimum absolute atomic E-state index is 0.381. The van der Waals surface area contributed by atoms with E-state index >= 15 is 0 Å². The fourth-order valence-electron chi connectivity index (χ4n) is 2.42. The van der Waals surface area contributed by atoms with Crippen molar-refractivity contribution in [2.24, 2.45) is 0 Å². The minimum Gasteiger partial charge on any atom is -0.480 e. The van der Waals surface area contributed by atoms with Crippen LogP contribution in [0.5, 0.6) is 0 Å². The van der Waals surface area contributed by atoms with Gasteiger partial charge in [0.2, 0.25) is 0 Å². The summed E-state index contributed by atoms with van der Waals surface area (Å²) >= 11 is 2.93. The highest BCUT2D eigenvalue weighted by Gasteiger charge is 2.38. The Kier molecular flexibility index (Phi) is 12.1. The molecule has 2 aliphatic rings. The molecule has 2 amide bonds. The van der Waals surface area contributed by atoms with E-state index < -0.39 is 54.6 Å². The van der Waals surface area contributed by atoms with Crippen molar-refractivity contribution in [3.8, 4) is 0 Å². The molecule has 0 aromatic heterocycles. The number of ether oxygens (including phenoxy) is 3. The summed E-state index contributed by atoms with van der Waals surface area (Å²) in [4.78, 5) is 48.3. The van der Waals surface area contributed by atoms with Crippen molar-refractivity contribution in [3.05, 3.63) is 0 Å². The minimum atomic E-state index is -1.00. The van der Waals surface area contributed by atoms with Crippen LogP contribution in [-0.4, -0.2) is 99.8 Å². The molecule has 2 saturated heterocycles. The van der Waals surface area contributed by atoms with Gasteiger partial charge in [-0.25, -0.2) is 19.2 Å². The van der Waals surface area contributed by atoms with Crippen LogP contribution in [0.25, 0.3) is 0 Å². The summed E-state index contributed by atoms with van der Waals surface area (Å²) < 4.78 is 30.5. The van der Waals surface area contributed by atoms with Gasteiger partial charge in [-0.05, 0) is 41.5 Å². The van der Waals surface area contributed by atoms with Gasteiger partial charge in [0.15, 0.2) is 0 Å². The van der Waals surface area contributed by atoms with Gasteiger partial charge in [0, 0.05) is 11.5 Å². The van der Waals surface area contributed by atoms with Gasteiger partial charge in [-0.1, -0.05) is 0 Å². The normalized spacial score (nSPS) is 20.4. The van der Waals surface area contributed by atoms with Gasteiger partial charge in [0.05, 0.1) is 27.4 Å². The molecule has 33 heavy (non-hydrogen) atoms. The van der Waals surface area contributed by atoms with Gasteiger partial charge in [0.25, 0.3) is 0 Å². The van der Waals surface area contributed by atoms with Gasteiger partial charge >= 0.3 is 24.1 Å². The highest BCUT2D eigenvalue weighted by molar-refractivity contribution is 7.99. The maximum Gasteiger partial charge on any atom is 0.411 e. The molecule has 10 nitrogen and oxygen atoms in total. The summed E-state index contributed by atoms with van der Waals surface area (Å²) in [5, 5.41) is 8.87. The molecule has 2 aliphatic heterocycles. The number of carbonyl (C=O) groups excluding carboxylic acids is 3. The zero-order chi connectivity index (χ0) is 26.7. The fraction of sp³-hybridized carbons (Fsp3) is 0.800. The third-order valence-corrected chi connectivity index (χ3v) is 5.80. The molecular formula is C20H35FN2O8S2. The molecule has 2 fully saturated rings. The van der Waals surface area contributed by atoms with Crippen molar-refractivity contribution in [1.29, 1.82) is 0 Å². The van der Waals surface area contributed by atoms with E-state index in [2.05, 4.69) is 4.74 Å². The molecule has 13 heteroatoms. The average molecular weight is 516 g/mol. The van der Waals surface area contributed by atoms with E-state index in [9.17, 15) is 23.6 Å². The topological polar surface area (TPSA) is 123 Å². The number of carboxylic acid groups (broad SMARTS) is 1. The summed E-state index contributed by atoms with van der Waals surface area (Å²) in [5.41, 5.74) is -1.14. The monoisotopic (exact) mass is 515 g/mol. The lowest BCUT2D eigenvalue weighted by Gasteiger charge is -2.26. The third-order valence-electron chi connectivity index (χ3n) is 3.78. The van der Waals surface area contributed by atoms with E-state index in [-0.39, 0.29) is 0 Å². The van der Waals surface area contributed by atoms with Crippen LogP contribution < -0.4 is 0 Å². The van der Waals surface area contributed by atoms with E-state index in [1.54, 1.807) is 41.5 Å².